The van der Waals surface area contributed by atoms with Crippen LogP contribution in [0.5, 0.6) is 0 Å². The molecule has 55 heavy (non-hydrogen) atoms. The van der Waals surface area contributed by atoms with Gasteiger partial charge in [-0.2, -0.15) is 0 Å². The van der Waals surface area contributed by atoms with E-state index in [9.17, 15) is 14.4 Å². The van der Waals surface area contributed by atoms with Gasteiger partial charge in [0.1, 0.15) is 13.2 Å². The molecule has 0 amide bonds. The average molecular weight is 779 g/mol. The summed E-state index contributed by atoms with van der Waals surface area (Å²) in [5.74, 6) is 0.788. The number of ether oxygens (including phenoxy) is 3. The first-order valence-corrected chi connectivity index (χ1v) is 24.2. The number of rotatable bonds is 43. The summed E-state index contributed by atoms with van der Waals surface area (Å²) in [6.07, 6.45) is 41.1. The van der Waals surface area contributed by atoms with Crippen LogP contribution < -0.4 is 0 Å². The van der Waals surface area contributed by atoms with Crippen molar-refractivity contribution in [3.05, 3.63) is 0 Å². The predicted molar refractivity (Wildman–Crippen MR) is 233 cm³/mol. The Morgan fingerprint density at radius 3 is 0.891 bits per heavy atom. The van der Waals surface area contributed by atoms with Crippen molar-refractivity contribution in [1.29, 1.82) is 0 Å². The van der Waals surface area contributed by atoms with Crippen LogP contribution in [0.2, 0.25) is 0 Å². The molecule has 0 saturated carbocycles. The summed E-state index contributed by atoms with van der Waals surface area (Å²) >= 11 is 0. The van der Waals surface area contributed by atoms with E-state index in [2.05, 4.69) is 34.6 Å². The molecule has 6 nitrogen and oxygen atoms in total. The van der Waals surface area contributed by atoms with E-state index in [1.807, 2.05) is 0 Å². The van der Waals surface area contributed by atoms with E-state index in [4.69, 9.17) is 14.2 Å². The van der Waals surface area contributed by atoms with Gasteiger partial charge in [-0.05, 0) is 31.1 Å². The van der Waals surface area contributed by atoms with Crippen LogP contribution in [0, 0.1) is 11.8 Å². The Labute approximate surface area is 342 Å². The number of carbonyl (C=O) groups is 3. The van der Waals surface area contributed by atoms with Gasteiger partial charge in [-0.3, -0.25) is 14.4 Å². The van der Waals surface area contributed by atoms with Crippen molar-refractivity contribution < 1.29 is 28.6 Å². The topological polar surface area (TPSA) is 78.9 Å². The third-order valence-electron chi connectivity index (χ3n) is 11.0. The second-order valence-electron chi connectivity index (χ2n) is 17.7. The molecule has 0 fully saturated rings. The summed E-state index contributed by atoms with van der Waals surface area (Å²) in [6.45, 7) is 11.3. The monoisotopic (exact) mass is 779 g/mol. The number of hydrogen-bond donors (Lipinski definition) is 0. The van der Waals surface area contributed by atoms with Crippen LogP contribution in [0.15, 0.2) is 0 Å². The maximum Gasteiger partial charge on any atom is 0.306 e. The molecule has 0 aliphatic heterocycles. The molecule has 6 heteroatoms. The predicted octanol–water partition coefficient (Wildman–Crippen LogP) is 15.4. The highest BCUT2D eigenvalue weighted by Crippen LogP contribution is 2.17. The van der Waals surface area contributed by atoms with Crippen molar-refractivity contribution in [3.8, 4) is 0 Å². The van der Waals surface area contributed by atoms with Gasteiger partial charge in [-0.15, -0.1) is 0 Å². The fraction of sp³-hybridized carbons (Fsp3) is 0.939. The highest BCUT2D eigenvalue weighted by molar-refractivity contribution is 5.71. The van der Waals surface area contributed by atoms with Crippen LogP contribution >= 0.6 is 0 Å². The molecule has 326 valence electrons. The van der Waals surface area contributed by atoms with Gasteiger partial charge in [0.2, 0.25) is 0 Å². The van der Waals surface area contributed by atoms with Gasteiger partial charge in [-0.25, -0.2) is 0 Å². The molecule has 0 aliphatic carbocycles. The number of esters is 3. The summed E-state index contributed by atoms with van der Waals surface area (Å²) < 4.78 is 16.7. The summed E-state index contributed by atoms with van der Waals surface area (Å²) in [7, 11) is 0. The SMILES string of the molecule is CCCCCCCCCC(=O)O[C@@H](COC(=O)CCCCCCCCCCCCCCCCCCC(C)C)COC(=O)CCCCCCCCCCC(C)C. The zero-order valence-electron chi connectivity index (χ0n) is 37.6. The largest absolute Gasteiger partial charge is 0.462 e. The van der Waals surface area contributed by atoms with Crippen LogP contribution in [-0.2, 0) is 28.6 Å². The normalized spacial score (nSPS) is 12.1. The van der Waals surface area contributed by atoms with E-state index in [1.54, 1.807) is 0 Å². The molecule has 0 spiro atoms. The lowest BCUT2D eigenvalue weighted by atomic mass is 10.0. The van der Waals surface area contributed by atoms with E-state index >= 15 is 0 Å². The molecule has 0 bridgehead atoms. The summed E-state index contributed by atoms with van der Waals surface area (Å²) in [4.78, 5) is 37.6. The maximum absolute atomic E-state index is 12.6. The van der Waals surface area contributed by atoms with Gasteiger partial charge >= 0.3 is 17.9 Å². The average Bonchev–Trinajstić information content (AvgIpc) is 3.15. The molecule has 0 aromatic heterocycles. The maximum atomic E-state index is 12.6. The fourth-order valence-electron chi connectivity index (χ4n) is 7.28. The molecule has 0 heterocycles. The highest BCUT2D eigenvalue weighted by Gasteiger charge is 2.19. The van der Waals surface area contributed by atoms with Crippen molar-refractivity contribution in [2.45, 2.75) is 272 Å². The van der Waals surface area contributed by atoms with E-state index in [0.717, 1.165) is 69.6 Å². The lowest BCUT2D eigenvalue weighted by Crippen LogP contribution is -2.30. The quantitative estimate of drug-likeness (QED) is 0.0348. The summed E-state index contributed by atoms with van der Waals surface area (Å²) in [6, 6.07) is 0. The standard InChI is InChI=1S/C49H94O6/c1-6-7-8-9-22-31-36-41-49(52)55-46(43-54-48(51)40-35-30-26-21-20-24-28-33-38-45(4)5)42-53-47(50)39-34-29-25-19-17-15-13-11-10-12-14-16-18-23-27-32-37-44(2)3/h44-46H,6-43H2,1-5H3/t46-/m0/s1. The van der Waals surface area contributed by atoms with Gasteiger partial charge in [-0.1, -0.05) is 227 Å². The Balaban J connectivity index is 4.14. The Morgan fingerprint density at radius 1 is 0.345 bits per heavy atom. The van der Waals surface area contributed by atoms with Gasteiger partial charge < -0.3 is 14.2 Å². The summed E-state index contributed by atoms with van der Waals surface area (Å²) in [5.41, 5.74) is 0. The van der Waals surface area contributed by atoms with Crippen LogP contribution in [0.3, 0.4) is 0 Å². The molecule has 0 N–H and O–H groups in total. The molecular weight excluding hydrogens is 685 g/mol. The van der Waals surface area contributed by atoms with Crippen molar-refractivity contribution in [2.75, 3.05) is 13.2 Å². The van der Waals surface area contributed by atoms with Crippen molar-refractivity contribution >= 4 is 17.9 Å². The Kier molecular flexibility index (Phi) is 40.8. The van der Waals surface area contributed by atoms with Crippen LogP contribution in [0.25, 0.3) is 0 Å². The van der Waals surface area contributed by atoms with Crippen molar-refractivity contribution in [1.82, 2.24) is 0 Å². The lowest BCUT2D eigenvalue weighted by molar-refractivity contribution is -0.167. The molecule has 0 aliphatic rings. The van der Waals surface area contributed by atoms with Gasteiger partial charge in [0.25, 0.3) is 0 Å². The third-order valence-corrected chi connectivity index (χ3v) is 11.0. The lowest BCUT2D eigenvalue weighted by Gasteiger charge is -2.18. The second-order valence-corrected chi connectivity index (χ2v) is 17.7. The summed E-state index contributed by atoms with van der Waals surface area (Å²) in [5, 5.41) is 0. The molecule has 1 atom stereocenters. The number of carbonyl (C=O) groups excluding carboxylic acids is 3. The highest BCUT2D eigenvalue weighted by atomic mass is 16.6. The molecule has 0 aromatic rings. The minimum Gasteiger partial charge on any atom is -0.462 e. The zero-order chi connectivity index (χ0) is 40.5. The number of unbranched alkanes of at least 4 members (excludes halogenated alkanes) is 28. The first-order chi connectivity index (χ1) is 26.7. The van der Waals surface area contributed by atoms with Gasteiger partial charge in [0.05, 0.1) is 0 Å². The van der Waals surface area contributed by atoms with Gasteiger partial charge in [0, 0.05) is 19.3 Å². The van der Waals surface area contributed by atoms with E-state index in [1.165, 1.54) is 154 Å². The first-order valence-electron chi connectivity index (χ1n) is 24.2. The number of hydrogen-bond acceptors (Lipinski definition) is 6. The van der Waals surface area contributed by atoms with Gasteiger partial charge in [0.15, 0.2) is 6.10 Å². The van der Waals surface area contributed by atoms with Crippen molar-refractivity contribution in [2.24, 2.45) is 11.8 Å². The minimum atomic E-state index is -0.759. The fourth-order valence-corrected chi connectivity index (χ4v) is 7.28. The first kappa shape index (κ1) is 53.4. The molecular formula is C49H94O6. The molecule has 0 aromatic carbocycles. The van der Waals surface area contributed by atoms with Crippen LogP contribution in [0.1, 0.15) is 266 Å². The Morgan fingerprint density at radius 2 is 0.600 bits per heavy atom. The molecule has 0 rings (SSSR count). The smallest absolute Gasteiger partial charge is 0.306 e. The molecule has 0 radical (unpaired) electrons. The van der Waals surface area contributed by atoms with E-state index in [0.29, 0.717) is 19.3 Å². The minimum absolute atomic E-state index is 0.0650. The van der Waals surface area contributed by atoms with Crippen molar-refractivity contribution in [3.63, 3.8) is 0 Å². The molecule has 0 saturated heterocycles. The zero-order valence-corrected chi connectivity index (χ0v) is 37.6. The second kappa shape index (κ2) is 42.0. The van der Waals surface area contributed by atoms with E-state index < -0.39 is 6.10 Å². The van der Waals surface area contributed by atoms with Crippen LogP contribution in [-0.4, -0.2) is 37.2 Å². The van der Waals surface area contributed by atoms with E-state index in [-0.39, 0.29) is 31.1 Å². The third kappa shape index (κ3) is 43.4. The van der Waals surface area contributed by atoms with Crippen LogP contribution in [0.4, 0.5) is 0 Å². The Hall–Kier alpha value is -1.59. The Bertz CT molecular complexity index is 839. The molecule has 0 unspecified atom stereocenters.